The monoisotopic (exact) mass is 405 g/mol. The Balaban J connectivity index is 1.66. The van der Waals surface area contributed by atoms with Crippen molar-refractivity contribution in [1.82, 2.24) is 9.97 Å². The summed E-state index contributed by atoms with van der Waals surface area (Å²) in [6, 6.07) is 2.32. The molecule has 28 heavy (non-hydrogen) atoms. The van der Waals surface area contributed by atoms with Crippen molar-refractivity contribution < 1.29 is 18.3 Å². The molecule has 1 aromatic heterocycles. The molecule has 2 aliphatic rings. The van der Waals surface area contributed by atoms with Gasteiger partial charge in [-0.1, -0.05) is 11.8 Å². The Hall–Kier alpha value is -2.75. The molecule has 0 bridgehead atoms. The number of fused-ring (bicyclic) bond motifs is 1. The number of nitrogens with one attached hydrogen (secondary N) is 1. The fourth-order valence-corrected chi connectivity index (χ4v) is 4.70. The zero-order valence-electron chi connectivity index (χ0n) is 15.1. The number of carbonyl (C=O) groups is 1. The van der Waals surface area contributed by atoms with Crippen LogP contribution in [0, 0.1) is 17.6 Å². The van der Waals surface area contributed by atoms with Gasteiger partial charge in [-0.15, -0.1) is 0 Å². The third-order valence-electron chi connectivity index (χ3n) is 4.97. The lowest BCUT2D eigenvalue weighted by Gasteiger charge is -2.30. The summed E-state index contributed by atoms with van der Waals surface area (Å²) in [7, 11) is 1.43. The number of methoxy groups -OCH3 is 1. The van der Waals surface area contributed by atoms with Crippen LogP contribution < -0.4 is 15.8 Å². The fourth-order valence-electron chi connectivity index (χ4n) is 3.41. The molecule has 4 rings (SSSR count). The van der Waals surface area contributed by atoms with Crippen LogP contribution in [0.2, 0.25) is 0 Å². The highest BCUT2D eigenvalue weighted by molar-refractivity contribution is 8.14. The van der Waals surface area contributed by atoms with Crippen molar-refractivity contribution in [3.05, 3.63) is 47.4 Å². The maximum absolute atomic E-state index is 14.6. The van der Waals surface area contributed by atoms with Gasteiger partial charge >= 0.3 is 0 Å². The van der Waals surface area contributed by atoms with Crippen molar-refractivity contribution in [3.8, 4) is 5.88 Å². The topological polar surface area (TPSA) is 102 Å². The standard InChI is InChI=1S/C18H17F2N5O2S/c1-18(9-5-13(9)28-17(21)25-18)10-3-8(4-11(19)15(10)20)24-16(26)12-6-23-14(27-2)7-22-12/h3-4,6-7,9,13H,5H2,1-2H3,(H2,21,25)(H,24,26)/t9-,13+,18+/m1/s1. The molecule has 1 aliphatic carbocycles. The third-order valence-corrected chi connectivity index (χ3v) is 6.13. The maximum atomic E-state index is 14.6. The van der Waals surface area contributed by atoms with Crippen molar-refractivity contribution in [1.29, 1.82) is 0 Å². The van der Waals surface area contributed by atoms with Crippen LogP contribution in [0.3, 0.4) is 0 Å². The summed E-state index contributed by atoms with van der Waals surface area (Å²) in [5.41, 5.74) is 5.07. The van der Waals surface area contributed by atoms with Crippen LogP contribution in [0.5, 0.6) is 5.88 Å². The highest BCUT2D eigenvalue weighted by Gasteiger charge is 2.56. The lowest BCUT2D eigenvalue weighted by Crippen LogP contribution is -2.32. The van der Waals surface area contributed by atoms with Gasteiger partial charge in [0.05, 0.1) is 25.0 Å². The van der Waals surface area contributed by atoms with Crippen LogP contribution >= 0.6 is 11.8 Å². The van der Waals surface area contributed by atoms with Gasteiger partial charge in [0.15, 0.2) is 16.8 Å². The molecule has 146 valence electrons. The molecular formula is C18H17F2N5O2S. The number of thioether (sulfide) groups is 1. The van der Waals surface area contributed by atoms with E-state index in [2.05, 4.69) is 20.3 Å². The Bertz CT molecular complexity index is 985. The van der Waals surface area contributed by atoms with E-state index in [9.17, 15) is 13.6 Å². The van der Waals surface area contributed by atoms with Gasteiger partial charge in [0.2, 0.25) is 5.88 Å². The second-order valence-electron chi connectivity index (χ2n) is 6.81. The van der Waals surface area contributed by atoms with Gasteiger partial charge in [0.25, 0.3) is 5.91 Å². The molecule has 1 aromatic carbocycles. The summed E-state index contributed by atoms with van der Waals surface area (Å²) in [6.45, 7) is 1.74. The van der Waals surface area contributed by atoms with E-state index in [1.165, 1.54) is 37.3 Å². The van der Waals surface area contributed by atoms with Crippen LogP contribution in [0.25, 0.3) is 0 Å². The van der Waals surface area contributed by atoms with Crippen LogP contribution in [0.4, 0.5) is 14.5 Å². The first-order valence-electron chi connectivity index (χ1n) is 8.50. The van der Waals surface area contributed by atoms with Gasteiger partial charge in [0.1, 0.15) is 5.69 Å². The number of carbonyl (C=O) groups excluding carboxylic acids is 1. The number of anilines is 1. The van der Waals surface area contributed by atoms with Crippen molar-refractivity contribution in [3.63, 3.8) is 0 Å². The average Bonchev–Trinajstić information content (AvgIpc) is 3.44. The summed E-state index contributed by atoms with van der Waals surface area (Å²) in [5, 5.41) is 3.13. The predicted molar refractivity (Wildman–Crippen MR) is 101 cm³/mol. The Morgan fingerprint density at radius 3 is 2.82 bits per heavy atom. The number of hydrogen-bond acceptors (Lipinski definition) is 7. The molecule has 0 spiro atoms. The molecule has 0 saturated heterocycles. The van der Waals surface area contributed by atoms with E-state index in [1.807, 2.05) is 0 Å². The normalized spacial score (nSPS) is 25.5. The number of ether oxygens (including phenoxy) is 1. The smallest absolute Gasteiger partial charge is 0.275 e. The van der Waals surface area contributed by atoms with E-state index in [0.29, 0.717) is 5.17 Å². The second-order valence-corrected chi connectivity index (χ2v) is 8.07. The van der Waals surface area contributed by atoms with E-state index < -0.39 is 23.1 Å². The van der Waals surface area contributed by atoms with Gasteiger partial charge in [-0.05, 0) is 19.4 Å². The third kappa shape index (κ3) is 3.17. The lowest BCUT2D eigenvalue weighted by atomic mass is 9.86. The molecule has 1 aliphatic heterocycles. The first-order valence-corrected chi connectivity index (χ1v) is 9.38. The summed E-state index contributed by atoms with van der Waals surface area (Å²) in [5.74, 6) is -2.34. The molecule has 3 N–H and O–H groups in total. The number of aromatic nitrogens is 2. The van der Waals surface area contributed by atoms with Crippen LogP contribution in [0.1, 0.15) is 29.4 Å². The summed E-state index contributed by atoms with van der Waals surface area (Å²) in [4.78, 5) is 24.6. The number of amides is 1. The zero-order chi connectivity index (χ0) is 20.1. The van der Waals surface area contributed by atoms with Gasteiger partial charge in [-0.3, -0.25) is 9.79 Å². The molecule has 3 atom stereocenters. The Labute approximate surface area is 163 Å². The van der Waals surface area contributed by atoms with Gasteiger partial charge in [-0.25, -0.2) is 18.7 Å². The van der Waals surface area contributed by atoms with Gasteiger partial charge < -0.3 is 15.8 Å². The van der Waals surface area contributed by atoms with Crippen LogP contribution in [-0.2, 0) is 5.54 Å². The molecule has 0 radical (unpaired) electrons. The molecule has 1 saturated carbocycles. The maximum Gasteiger partial charge on any atom is 0.275 e. The van der Waals surface area contributed by atoms with Crippen molar-refractivity contribution in [2.75, 3.05) is 12.4 Å². The first-order chi connectivity index (χ1) is 13.3. The van der Waals surface area contributed by atoms with E-state index in [0.717, 1.165) is 12.5 Å². The number of benzene rings is 1. The van der Waals surface area contributed by atoms with E-state index in [4.69, 9.17) is 10.5 Å². The van der Waals surface area contributed by atoms with E-state index in [-0.39, 0.29) is 34.0 Å². The number of halogens is 2. The van der Waals surface area contributed by atoms with Gasteiger partial charge in [0, 0.05) is 28.5 Å². The van der Waals surface area contributed by atoms with Crippen LogP contribution in [0.15, 0.2) is 29.5 Å². The SMILES string of the molecule is COc1cnc(C(=O)Nc2cc(F)c(F)c([C@@]3(C)N=C(N)S[C@H]4C[C@H]43)c2)cn1. The highest BCUT2D eigenvalue weighted by atomic mass is 32.2. The number of amidine groups is 1. The Morgan fingerprint density at radius 1 is 1.36 bits per heavy atom. The second kappa shape index (κ2) is 6.69. The van der Waals surface area contributed by atoms with Crippen molar-refractivity contribution in [2.45, 2.75) is 24.1 Å². The quantitative estimate of drug-likeness (QED) is 0.811. The number of hydrogen-bond donors (Lipinski definition) is 2. The minimum absolute atomic E-state index is 0.0110. The minimum Gasteiger partial charge on any atom is -0.480 e. The Morgan fingerprint density at radius 2 is 2.14 bits per heavy atom. The predicted octanol–water partition coefficient (Wildman–Crippen LogP) is 2.68. The Kier molecular flexibility index (Phi) is 4.45. The summed E-state index contributed by atoms with van der Waals surface area (Å²) in [6.07, 6.45) is 3.34. The minimum atomic E-state index is -1.07. The first kappa shape index (κ1) is 18.6. The number of aliphatic imine (C=N–C) groups is 1. The summed E-state index contributed by atoms with van der Waals surface area (Å²) < 4.78 is 33.8. The van der Waals surface area contributed by atoms with E-state index in [1.54, 1.807) is 6.92 Å². The van der Waals surface area contributed by atoms with Gasteiger partial charge in [-0.2, -0.15) is 0 Å². The fraction of sp³-hybridized carbons (Fsp3) is 0.333. The molecule has 0 unspecified atom stereocenters. The zero-order valence-corrected chi connectivity index (χ0v) is 15.9. The molecular weight excluding hydrogens is 388 g/mol. The molecule has 2 heterocycles. The highest BCUT2D eigenvalue weighted by Crippen LogP contribution is 2.57. The molecule has 1 fully saturated rings. The van der Waals surface area contributed by atoms with Crippen molar-refractivity contribution >= 4 is 28.5 Å². The van der Waals surface area contributed by atoms with Crippen molar-refractivity contribution in [2.24, 2.45) is 16.6 Å². The molecule has 10 heteroatoms. The molecule has 7 nitrogen and oxygen atoms in total. The summed E-state index contributed by atoms with van der Waals surface area (Å²) >= 11 is 1.45. The van der Waals surface area contributed by atoms with Crippen LogP contribution in [-0.4, -0.2) is 33.4 Å². The lowest BCUT2D eigenvalue weighted by molar-refractivity contribution is 0.102. The largest absolute Gasteiger partial charge is 0.480 e. The number of nitrogens with zero attached hydrogens (tertiary/aromatic N) is 3. The molecule has 2 aromatic rings. The molecule has 1 amide bonds. The average molecular weight is 405 g/mol. The number of rotatable bonds is 4. The number of nitrogens with two attached hydrogens (primary N) is 1. The van der Waals surface area contributed by atoms with E-state index >= 15 is 0 Å².